The largest absolute Gasteiger partial charge is 0.477 e. The molecule has 1 fully saturated rings. The number of nitrogen functional groups attached to an aromatic ring is 1. The number of fused-ring (bicyclic) bond motifs is 1. The zero-order chi connectivity index (χ0) is 25.4. The van der Waals surface area contributed by atoms with Crippen molar-refractivity contribution in [1.29, 1.82) is 0 Å². The van der Waals surface area contributed by atoms with Crippen molar-refractivity contribution in [3.63, 3.8) is 0 Å². The van der Waals surface area contributed by atoms with Gasteiger partial charge in [0.25, 0.3) is 0 Å². The number of hydrogen-bond acceptors (Lipinski definition) is 11. The quantitative estimate of drug-likeness (QED) is 0.429. The molecule has 15 heteroatoms. The van der Waals surface area contributed by atoms with Gasteiger partial charge >= 0.3 is 23.6 Å². The number of imidazole rings is 1. The summed E-state index contributed by atoms with van der Waals surface area (Å²) >= 11 is 0.992. The number of carbonyl (C=O) groups is 3. The number of alkyl halides is 1. The van der Waals surface area contributed by atoms with Gasteiger partial charge in [-0.25, -0.2) is 23.5 Å². The standard InChI is InChI=1S/C20H20FN5O8S/c1-8(27)32-6-12-14(21)15(33-9(2)28)17(34-12)26-16-11(4-23-19(22)24-16)25(20(26)31)5-10-3-13(18(29)30)35-7-10/h3-4,7,12,14-15,17H,5-6H2,1-2H3,(H,29,30)(H2,22,23,24)/t12-,14-,15-,17-/m1/s1. The zero-order valence-corrected chi connectivity index (χ0v) is 19.2. The number of esters is 2. The highest BCUT2D eigenvalue weighted by Crippen LogP contribution is 2.35. The molecule has 35 heavy (non-hydrogen) atoms. The summed E-state index contributed by atoms with van der Waals surface area (Å²) in [7, 11) is 0. The van der Waals surface area contributed by atoms with Crippen LogP contribution < -0.4 is 11.4 Å². The minimum Gasteiger partial charge on any atom is -0.477 e. The highest BCUT2D eigenvalue weighted by Gasteiger charge is 2.50. The molecule has 0 saturated carbocycles. The topological polar surface area (TPSA) is 178 Å². The van der Waals surface area contributed by atoms with E-state index in [4.69, 9.17) is 19.9 Å². The number of aromatic carboxylic acids is 1. The highest BCUT2D eigenvalue weighted by atomic mass is 32.1. The molecule has 0 bridgehead atoms. The van der Waals surface area contributed by atoms with Crippen LogP contribution in [0.2, 0.25) is 0 Å². The number of nitrogens with zero attached hydrogens (tertiary/aromatic N) is 4. The van der Waals surface area contributed by atoms with Crippen molar-refractivity contribution in [2.45, 2.75) is 45.0 Å². The maximum absolute atomic E-state index is 15.2. The Morgan fingerprint density at radius 3 is 2.69 bits per heavy atom. The summed E-state index contributed by atoms with van der Waals surface area (Å²) in [5, 5.41) is 10.8. The zero-order valence-electron chi connectivity index (χ0n) is 18.4. The lowest BCUT2D eigenvalue weighted by molar-refractivity contribution is -0.154. The maximum Gasteiger partial charge on any atom is 0.345 e. The van der Waals surface area contributed by atoms with Crippen LogP contribution in [0.15, 0.2) is 22.4 Å². The third-order valence-electron chi connectivity index (χ3n) is 5.20. The van der Waals surface area contributed by atoms with Gasteiger partial charge in [0.1, 0.15) is 23.1 Å². The number of carboxylic acid groups (broad SMARTS) is 1. The molecule has 4 heterocycles. The first-order chi connectivity index (χ1) is 16.6. The number of carbonyl (C=O) groups excluding carboxylic acids is 2. The second-order valence-corrected chi connectivity index (χ2v) is 8.60. The molecular weight excluding hydrogens is 489 g/mol. The van der Waals surface area contributed by atoms with Crippen LogP contribution in [0.25, 0.3) is 11.2 Å². The van der Waals surface area contributed by atoms with Crippen molar-refractivity contribution >= 4 is 46.4 Å². The van der Waals surface area contributed by atoms with Crippen LogP contribution in [0.3, 0.4) is 0 Å². The minimum atomic E-state index is -1.93. The van der Waals surface area contributed by atoms with Crippen LogP contribution in [0.1, 0.15) is 35.3 Å². The Balaban J connectivity index is 1.80. The van der Waals surface area contributed by atoms with E-state index < -0.39 is 54.8 Å². The summed E-state index contributed by atoms with van der Waals surface area (Å²) in [6.07, 6.45) is -4.98. The lowest BCUT2D eigenvalue weighted by Gasteiger charge is -2.19. The molecule has 0 aromatic carbocycles. The van der Waals surface area contributed by atoms with Crippen molar-refractivity contribution in [1.82, 2.24) is 19.1 Å². The van der Waals surface area contributed by atoms with Crippen LogP contribution in [0.4, 0.5) is 10.3 Å². The minimum absolute atomic E-state index is 0.0151. The Morgan fingerprint density at radius 2 is 2.06 bits per heavy atom. The Morgan fingerprint density at radius 1 is 1.31 bits per heavy atom. The molecule has 0 spiro atoms. The number of hydrogen-bond donors (Lipinski definition) is 2. The normalized spacial score (nSPS) is 21.8. The summed E-state index contributed by atoms with van der Waals surface area (Å²) in [5.41, 5.74) is 5.71. The van der Waals surface area contributed by atoms with Crippen LogP contribution in [-0.4, -0.2) is 67.1 Å². The fourth-order valence-corrected chi connectivity index (χ4v) is 4.50. The fraction of sp³-hybridized carbons (Fsp3) is 0.400. The first-order valence-electron chi connectivity index (χ1n) is 10.2. The van der Waals surface area contributed by atoms with E-state index in [1.54, 1.807) is 5.38 Å². The average Bonchev–Trinajstić information content (AvgIpc) is 3.43. The smallest absolute Gasteiger partial charge is 0.345 e. The van der Waals surface area contributed by atoms with Gasteiger partial charge in [-0.15, -0.1) is 11.3 Å². The van der Waals surface area contributed by atoms with Gasteiger partial charge < -0.3 is 25.1 Å². The summed E-state index contributed by atoms with van der Waals surface area (Å²) in [6, 6.07) is 1.42. The Hall–Kier alpha value is -3.85. The van der Waals surface area contributed by atoms with Gasteiger partial charge in [-0.1, -0.05) is 0 Å². The second-order valence-electron chi connectivity index (χ2n) is 7.69. The van der Waals surface area contributed by atoms with Crippen LogP contribution in [0.5, 0.6) is 0 Å². The molecular formula is C20H20FN5O8S. The van der Waals surface area contributed by atoms with E-state index in [-0.39, 0.29) is 28.5 Å². The van der Waals surface area contributed by atoms with Crippen molar-refractivity contribution in [2.24, 2.45) is 0 Å². The molecule has 3 aromatic heterocycles. The molecule has 3 aromatic rings. The van der Waals surface area contributed by atoms with E-state index in [1.165, 1.54) is 16.8 Å². The van der Waals surface area contributed by atoms with E-state index in [0.29, 0.717) is 5.56 Å². The van der Waals surface area contributed by atoms with Gasteiger partial charge in [0.2, 0.25) is 5.95 Å². The first-order valence-corrected chi connectivity index (χ1v) is 11.1. The molecule has 1 aliphatic rings. The number of carboxylic acids is 1. The Labute approximate surface area is 199 Å². The van der Waals surface area contributed by atoms with Crippen molar-refractivity contribution in [2.75, 3.05) is 12.3 Å². The predicted molar refractivity (Wildman–Crippen MR) is 118 cm³/mol. The molecule has 0 radical (unpaired) electrons. The Kier molecular flexibility index (Phi) is 6.53. The van der Waals surface area contributed by atoms with Gasteiger partial charge in [0.15, 0.2) is 24.2 Å². The van der Waals surface area contributed by atoms with E-state index in [2.05, 4.69) is 9.97 Å². The molecule has 0 amide bonds. The molecule has 1 saturated heterocycles. The molecule has 4 rings (SSSR count). The molecule has 3 N–H and O–H groups in total. The molecule has 4 atom stereocenters. The van der Waals surface area contributed by atoms with Crippen molar-refractivity contribution < 1.29 is 38.1 Å². The first kappa shape index (κ1) is 24.3. The third-order valence-corrected chi connectivity index (χ3v) is 6.17. The summed E-state index contributed by atoms with van der Waals surface area (Å²) in [4.78, 5) is 55.7. The fourth-order valence-electron chi connectivity index (χ4n) is 3.76. The molecule has 186 valence electrons. The van der Waals surface area contributed by atoms with Gasteiger partial charge in [-0.05, 0) is 17.0 Å². The Bertz CT molecular complexity index is 1370. The summed E-state index contributed by atoms with van der Waals surface area (Å²) in [5.74, 6) is -2.77. The maximum atomic E-state index is 15.2. The SMILES string of the molecule is CC(=O)OC[C@H]1O[C@@H](n2c(=O)n(Cc3csc(C(=O)O)c3)c3cnc(N)nc32)[C@H](OC(C)=O)[C@@H]1F. The van der Waals surface area contributed by atoms with Crippen LogP contribution >= 0.6 is 11.3 Å². The van der Waals surface area contributed by atoms with E-state index >= 15 is 4.39 Å². The van der Waals surface area contributed by atoms with Crippen molar-refractivity contribution in [3.05, 3.63) is 38.6 Å². The molecule has 1 aliphatic heterocycles. The average molecular weight is 509 g/mol. The summed E-state index contributed by atoms with van der Waals surface area (Å²) in [6.45, 7) is 1.69. The molecule has 13 nitrogen and oxygen atoms in total. The number of nitrogens with two attached hydrogens (primary N) is 1. The molecule has 0 unspecified atom stereocenters. The summed E-state index contributed by atoms with van der Waals surface area (Å²) < 4.78 is 33.1. The lowest BCUT2D eigenvalue weighted by Crippen LogP contribution is -2.37. The van der Waals surface area contributed by atoms with E-state index in [1.807, 2.05) is 0 Å². The second kappa shape index (κ2) is 9.42. The number of ether oxygens (including phenoxy) is 3. The number of halogens is 1. The number of rotatable bonds is 7. The number of aromatic nitrogens is 4. The van der Waals surface area contributed by atoms with Gasteiger partial charge in [-0.3, -0.25) is 14.2 Å². The number of thiophene rings is 1. The monoisotopic (exact) mass is 509 g/mol. The van der Waals surface area contributed by atoms with E-state index in [9.17, 15) is 24.3 Å². The third kappa shape index (κ3) is 4.72. The number of anilines is 1. The van der Waals surface area contributed by atoms with E-state index in [0.717, 1.165) is 29.8 Å². The predicted octanol–water partition coefficient (Wildman–Crippen LogP) is 0.713. The van der Waals surface area contributed by atoms with Crippen LogP contribution in [0, 0.1) is 0 Å². The van der Waals surface area contributed by atoms with Gasteiger partial charge in [0.05, 0.1) is 12.7 Å². The highest BCUT2D eigenvalue weighted by molar-refractivity contribution is 7.12. The van der Waals surface area contributed by atoms with Crippen LogP contribution in [-0.2, 0) is 30.3 Å². The van der Waals surface area contributed by atoms with Gasteiger partial charge in [-0.2, -0.15) is 4.98 Å². The van der Waals surface area contributed by atoms with Gasteiger partial charge in [0, 0.05) is 13.8 Å². The lowest BCUT2D eigenvalue weighted by atomic mass is 10.1. The molecule has 0 aliphatic carbocycles. The van der Waals surface area contributed by atoms with Crippen molar-refractivity contribution in [3.8, 4) is 0 Å².